The summed E-state index contributed by atoms with van der Waals surface area (Å²) in [5.41, 5.74) is 1.10. The fraction of sp³-hybridized carbons (Fsp3) is 0.625. The van der Waals surface area contributed by atoms with Crippen molar-refractivity contribution in [3.05, 3.63) is 29.8 Å². The average molecular weight is 310 g/mol. The molecular weight excluding hydrogens is 284 g/mol. The Hall–Kier alpha value is -0.910. The Morgan fingerprint density at radius 1 is 1.29 bits per heavy atom. The summed E-state index contributed by atoms with van der Waals surface area (Å²) in [6.07, 6.45) is 6.39. The lowest BCUT2D eigenvalue weighted by atomic mass is 9.84. The largest absolute Gasteiger partial charge is 0.307 e. The van der Waals surface area contributed by atoms with Crippen molar-refractivity contribution in [1.29, 1.82) is 0 Å². The second-order valence-electron chi connectivity index (χ2n) is 6.14. The predicted octanol–water partition coefficient (Wildman–Crippen LogP) is 2.95. The van der Waals surface area contributed by atoms with Crippen LogP contribution in [-0.4, -0.2) is 14.5 Å². The van der Waals surface area contributed by atoms with E-state index in [2.05, 4.69) is 19.2 Å². The summed E-state index contributed by atoms with van der Waals surface area (Å²) in [6.45, 7) is 4.39. The van der Waals surface area contributed by atoms with E-state index in [-0.39, 0.29) is 10.9 Å². The molecule has 0 aromatic heterocycles. The van der Waals surface area contributed by atoms with Crippen LogP contribution < -0.4 is 10.5 Å². The van der Waals surface area contributed by atoms with Gasteiger partial charge in [0.2, 0.25) is 10.0 Å². The van der Waals surface area contributed by atoms with Crippen LogP contribution in [0.5, 0.6) is 0 Å². The van der Waals surface area contributed by atoms with Crippen LogP contribution in [0.3, 0.4) is 0 Å². The highest BCUT2D eigenvalue weighted by molar-refractivity contribution is 7.89. The maximum Gasteiger partial charge on any atom is 0.238 e. The van der Waals surface area contributed by atoms with E-state index >= 15 is 0 Å². The molecule has 5 heteroatoms. The second kappa shape index (κ2) is 6.90. The Morgan fingerprint density at radius 2 is 1.95 bits per heavy atom. The summed E-state index contributed by atoms with van der Waals surface area (Å²) < 4.78 is 22.5. The van der Waals surface area contributed by atoms with Crippen molar-refractivity contribution in [2.24, 2.45) is 11.1 Å². The van der Waals surface area contributed by atoms with Crippen molar-refractivity contribution >= 4 is 10.0 Å². The first-order valence-electron chi connectivity index (χ1n) is 7.79. The van der Waals surface area contributed by atoms with Crippen LogP contribution in [0.25, 0.3) is 0 Å². The van der Waals surface area contributed by atoms with Crippen LogP contribution in [0.4, 0.5) is 0 Å². The summed E-state index contributed by atoms with van der Waals surface area (Å²) in [5.74, 6) is 0.841. The summed E-state index contributed by atoms with van der Waals surface area (Å²) >= 11 is 0. The number of rotatable bonds is 5. The molecule has 4 nitrogen and oxygen atoms in total. The van der Waals surface area contributed by atoms with Crippen molar-refractivity contribution in [2.75, 3.05) is 0 Å². The van der Waals surface area contributed by atoms with E-state index in [1.54, 1.807) is 12.1 Å². The van der Waals surface area contributed by atoms with Crippen LogP contribution in [-0.2, 0) is 10.0 Å². The molecule has 1 saturated carbocycles. The molecular formula is C16H26N2O2S. The van der Waals surface area contributed by atoms with E-state index in [1.807, 2.05) is 12.1 Å². The highest BCUT2D eigenvalue weighted by Gasteiger charge is 2.22. The molecule has 1 aliphatic carbocycles. The highest BCUT2D eigenvalue weighted by Crippen LogP contribution is 2.28. The maximum absolute atomic E-state index is 11.3. The standard InChI is InChI=1S/C16H26N2O2S/c1-3-13-5-4-6-15(11-13)18-12(2)14-7-9-16(10-8-14)21(17,19)20/h7-10,12-13,15,18H,3-6,11H2,1-2H3,(H2,17,19,20). The van der Waals surface area contributed by atoms with Crippen molar-refractivity contribution < 1.29 is 8.42 Å². The van der Waals surface area contributed by atoms with Gasteiger partial charge < -0.3 is 5.32 Å². The molecule has 2 rings (SSSR count). The van der Waals surface area contributed by atoms with Gasteiger partial charge in [0, 0.05) is 12.1 Å². The van der Waals surface area contributed by atoms with Crippen molar-refractivity contribution in [3.8, 4) is 0 Å². The van der Waals surface area contributed by atoms with Crippen molar-refractivity contribution in [1.82, 2.24) is 5.32 Å². The summed E-state index contributed by atoms with van der Waals surface area (Å²) in [7, 11) is -3.60. The number of primary sulfonamides is 1. The van der Waals surface area contributed by atoms with E-state index in [9.17, 15) is 8.42 Å². The van der Waals surface area contributed by atoms with Crippen LogP contribution in [0.2, 0.25) is 0 Å². The zero-order valence-electron chi connectivity index (χ0n) is 12.9. The SMILES string of the molecule is CCC1CCCC(NC(C)c2ccc(S(N)(=O)=O)cc2)C1. The molecule has 0 amide bonds. The molecule has 21 heavy (non-hydrogen) atoms. The molecule has 1 fully saturated rings. The minimum Gasteiger partial charge on any atom is -0.307 e. The van der Waals surface area contributed by atoms with E-state index in [1.165, 1.54) is 32.1 Å². The molecule has 3 unspecified atom stereocenters. The lowest BCUT2D eigenvalue weighted by Gasteiger charge is -2.31. The molecule has 3 atom stereocenters. The maximum atomic E-state index is 11.3. The Labute approximate surface area is 128 Å². The molecule has 0 bridgehead atoms. The third-order valence-electron chi connectivity index (χ3n) is 4.55. The van der Waals surface area contributed by atoms with Crippen molar-refractivity contribution in [2.45, 2.75) is 62.9 Å². The van der Waals surface area contributed by atoms with Gasteiger partial charge in [-0.25, -0.2) is 13.6 Å². The first-order valence-corrected chi connectivity index (χ1v) is 9.33. The molecule has 1 aromatic carbocycles. The van der Waals surface area contributed by atoms with Crippen LogP contribution >= 0.6 is 0 Å². The van der Waals surface area contributed by atoms with Crippen LogP contribution in [0.15, 0.2) is 29.2 Å². The minimum atomic E-state index is -3.60. The number of hydrogen-bond acceptors (Lipinski definition) is 3. The van der Waals surface area contributed by atoms with E-state index in [0.717, 1.165) is 11.5 Å². The van der Waals surface area contributed by atoms with E-state index in [4.69, 9.17) is 5.14 Å². The van der Waals surface area contributed by atoms with E-state index in [0.29, 0.717) is 6.04 Å². The van der Waals surface area contributed by atoms with Gasteiger partial charge in [0.25, 0.3) is 0 Å². The highest BCUT2D eigenvalue weighted by atomic mass is 32.2. The van der Waals surface area contributed by atoms with Gasteiger partial charge >= 0.3 is 0 Å². The van der Waals surface area contributed by atoms with Gasteiger partial charge in [0.1, 0.15) is 0 Å². The first kappa shape index (κ1) is 16.5. The van der Waals surface area contributed by atoms with Crippen LogP contribution in [0.1, 0.15) is 57.6 Å². The van der Waals surface area contributed by atoms with Gasteiger partial charge in [-0.3, -0.25) is 0 Å². The fourth-order valence-electron chi connectivity index (χ4n) is 3.21. The number of sulfonamides is 1. The smallest absolute Gasteiger partial charge is 0.238 e. The average Bonchev–Trinajstić information content (AvgIpc) is 2.46. The molecule has 3 N–H and O–H groups in total. The second-order valence-corrected chi connectivity index (χ2v) is 7.70. The number of hydrogen-bond donors (Lipinski definition) is 2. The number of benzene rings is 1. The Balaban J connectivity index is 1.98. The quantitative estimate of drug-likeness (QED) is 0.878. The third-order valence-corrected chi connectivity index (χ3v) is 5.48. The first-order chi connectivity index (χ1) is 9.90. The van der Waals surface area contributed by atoms with Gasteiger partial charge in [-0.1, -0.05) is 38.3 Å². The minimum absolute atomic E-state index is 0.169. The third kappa shape index (κ3) is 4.53. The molecule has 0 saturated heterocycles. The molecule has 0 spiro atoms. The fourth-order valence-corrected chi connectivity index (χ4v) is 3.72. The van der Waals surface area contributed by atoms with Gasteiger partial charge in [-0.15, -0.1) is 0 Å². The van der Waals surface area contributed by atoms with Gasteiger partial charge in [0.15, 0.2) is 0 Å². The lowest BCUT2D eigenvalue weighted by molar-refractivity contribution is 0.266. The van der Waals surface area contributed by atoms with Gasteiger partial charge in [-0.2, -0.15) is 0 Å². The lowest BCUT2D eigenvalue weighted by Crippen LogP contribution is -2.35. The zero-order valence-corrected chi connectivity index (χ0v) is 13.7. The predicted molar refractivity (Wildman–Crippen MR) is 85.4 cm³/mol. The molecule has 0 radical (unpaired) electrons. The summed E-state index contributed by atoms with van der Waals surface area (Å²) in [4.78, 5) is 0.169. The number of nitrogens with two attached hydrogens (primary N) is 1. The molecule has 0 heterocycles. The van der Waals surface area contributed by atoms with Gasteiger partial charge in [-0.05, 0) is 43.4 Å². The molecule has 0 aliphatic heterocycles. The summed E-state index contributed by atoms with van der Waals surface area (Å²) in [5, 5.41) is 8.80. The molecule has 1 aromatic rings. The Morgan fingerprint density at radius 3 is 2.52 bits per heavy atom. The topological polar surface area (TPSA) is 72.2 Å². The van der Waals surface area contributed by atoms with Crippen LogP contribution in [0, 0.1) is 5.92 Å². The Bertz CT molecular complexity index is 554. The monoisotopic (exact) mass is 310 g/mol. The molecule has 1 aliphatic rings. The van der Waals surface area contributed by atoms with E-state index < -0.39 is 10.0 Å². The molecule has 118 valence electrons. The summed E-state index contributed by atoms with van der Waals surface area (Å²) in [6, 6.07) is 7.64. The zero-order chi connectivity index (χ0) is 15.5. The number of nitrogens with one attached hydrogen (secondary N) is 1. The van der Waals surface area contributed by atoms with Gasteiger partial charge in [0.05, 0.1) is 4.90 Å². The Kier molecular flexibility index (Phi) is 5.41. The normalized spacial score (nSPS) is 24.7. The van der Waals surface area contributed by atoms with Crippen molar-refractivity contribution in [3.63, 3.8) is 0 Å².